The van der Waals surface area contributed by atoms with Gasteiger partial charge in [-0.2, -0.15) is 0 Å². The van der Waals surface area contributed by atoms with Gasteiger partial charge in [-0.05, 0) is 38.1 Å². The number of nitrogens with one attached hydrogen (secondary N) is 1. The number of halogens is 1. The van der Waals surface area contributed by atoms with Crippen LogP contribution in [0.25, 0.3) is 0 Å². The van der Waals surface area contributed by atoms with Crippen molar-refractivity contribution in [3.8, 4) is 0 Å². The topological polar surface area (TPSA) is 72.0 Å². The zero-order valence-corrected chi connectivity index (χ0v) is 12.0. The van der Waals surface area contributed by atoms with Crippen molar-refractivity contribution in [2.75, 3.05) is 4.72 Å². The van der Waals surface area contributed by atoms with Crippen LogP contribution in [0.3, 0.4) is 0 Å². The number of anilines is 1. The summed E-state index contributed by atoms with van der Waals surface area (Å²) in [5.74, 6) is 0.223. The molecule has 0 radical (unpaired) electrons. The molecule has 0 saturated carbocycles. The number of sulfonamides is 1. The molecule has 2 rings (SSSR count). The van der Waals surface area contributed by atoms with Gasteiger partial charge in [0.2, 0.25) is 0 Å². The summed E-state index contributed by atoms with van der Waals surface area (Å²) in [5.41, 5.74) is 1.25. The Kier molecular flexibility index (Phi) is 3.73. The Hall–Kier alpha value is -1.66. The van der Waals surface area contributed by atoms with Gasteiger partial charge in [-0.25, -0.2) is 13.4 Å². The molecule has 0 bridgehead atoms. The normalized spacial score (nSPS) is 11.3. The van der Waals surface area contributed by atoms with E-state index in [4.69, 9.17) is 11.6 Å². The molecule has 7 heteroatoms. The molecule has 0 saturated heterocycles. The van der Waals surface area contributed by atoms with Gasteiger partial charge in [0.15, 0.2) is 5.82 Å². The fourth-order valence-corrected chi connectivity index (χ4v) is 2.69. The standard InChI is InChI=1S/C12H12ClN3O2S/c1-8-7-14-12(9(2)15-8)16-19(17,18)11-5-3-10(13)4-6-11/h3-7H,1-2H3,(H,14,16). The SMILES string of the molecule is Cc1cnc(NS(=O)(=O)c2ccc(Cl)cc2)c(C)n1. The quantitative estimate of drug-likeness (QED) is 0.945. The first-order valence-electron chi connectivity index (χ1n) is 5.47. The van der Waals surface area contributed by atoms with Crippen molar-refractivity contribution in [1.29, 1.82) is 0 Å². The number of rotatable bonds is 3. The second kappa shape index (κ2) is 5.14. The molecule has 0 amide bonds. The Bertz CT molecular complexity index is 699. The van der Waals surface area contributed by atoms with Gasteiger partial charge in [0.25, 0.3) is 10.0 Å². The Morgan fingerprint density at radius 3 is 2.37 bits per heavy atom. The van der Waals surface area contributed by atoms with Crippen LogP contribution in [0, 0.1) is 13.8 Å². The van der Waals surface area contributed by atoms with E-state index in [1.54, 1.807) is 13.8 Å². The van der Waals surface area contributed by atoms with Gasteiger partial charge in [-0.15, -0.1) is 0 Å². The molecule has 2 aromatic rings. The molecule has 0 unspecified atom stereocenters. The van der Waals surface area contributed by atoms with E-state index >= 15 is 0 Å². The van der Waals surface area contributed by atoms with E-state index in [0.29, 0.717) is 10.7 Å². The second-order valence-electron chi connectivity index (χ2n) is 4.00. The van der Waals surface area contributed by atoms with Gasteiger partial charge < -0.3 is 0 Å². The average molecular weight is 298 g/mol. The van der Waals surface area contributed by atoms with Gasteiger partial charge in [-0.1, -0.05) is 11.6 Å². The molecule has 1 aromatic heterocycles. The molecule has 19 heavy (non-hydrogen) atoms. The highest BCUT2D eigenvalue weighted by molar-refractivity contribution is 7.92. The monoisotopic (exact) mass is 297 g/mol. The predicted octanol–water partition coefficient (Wildman–Crippen LogP) is 2.55. The van der Waals surface area contributed by atoms with Crippen molar-refractivity contribution in [3.05, 3.63) is 46.9 Å². The Morgan fingerprint density at radius 1 is 1.16 bits per heavy atom. The maximum absolute atomic E-state index is 12.1. The number of aryl methyl sites for hydroxylation is 2. The van der Waals surface area contributed by atoms with Crippen molar-refractivity contribution < 1.29 is 8.42 Å². The van der Waals surface area contributed by atoms with Gasteiger partial charge in [-0.3, -0.25) is 9.71 Å². The van der Waals surface area contributed by atoms with Crippen LogP contribution < -0.4 is 4.72 Å². The first-order chi connectivity index (χ1) is 8.88. The maximum Gasteiger partial charge on any atom is 0.263 e. The second-order valence-corrected chi connectivity index (χ2v) is 6.12. The molecule has 0 aliphatic carbocycles. The van der Waals surface area contributed by atoms with Crippen LogP contribution in [0.1, 0.15) is 11.4 Å². The van der Waals surface area contributed by atoms with Crippen LogP contribution in [0.4, 0.5) is 5.82 Å². The van der Waals surface area contributed by atoms with Crippen LogP contribution in [0.15, 0.2) is 35.4 Å². The highest BCUT2D eigenvalue weighted by Crippen LogP contribution is 2.18. The molecule has 0 spiro atoms. The van der Waals surface area contributed by atoms with E-state index in [1.807, 2.05) is 0 Å². The van der Waals surface area contributed by atoms with Crippen LogP contribution >= 0.6 is 11.6 Å². The zero-order valence-electron chi connectivity index (χ0n) is 10.4. The van der Waals surface area contributed by atoms with E-state index < -0.39 is 10.0 Å². The molecule has 5 nitrogen and oxygen atoms in total. The molecular weight excluding hydrogens is 286 g/mol. The first kappa shape index (κ1) is 13.8. The highest BCUT2D eigenvalue weighted by atomic mass is 35.5. The molecule has 0 aliphatic rings. The zero-order chi connectivity index (χ0) is 14.0. The summed E-state index contributed by atoms with van der Waals surface area (Å²) < 4.78 is 26.7. The molecular formula is C12H12ClN3O2S. The number of hydrogen-bond donors (Lipinski definition) is 1. The smallest absolute Gasteiger partial charge is 0.262 e. The summed E-state index contributed by atoms with van der Waals surface area (Å²) in [6.07, 6.45) is 1.51. The lowest BCUT2D eigenvalue weighted by atomic mass is 10.4. The summed E-state index contributed by atoms with van der Waals surface area (Å²) in [6, 6.07) is 5.90. The largest absolute Gasteiger partial charge is 0.263 e. The van der Waals surface area contributed by atoms with Crippen molar-refractivity contribution in [2.24, 2.45) is 0 Å². The lowest BCUT2D eigenvalue weighted by molar-refractivity contribution is 0.601. The third kappa shape index (κ3) is 3.21. The van der Waals surface area contributed by atoms with Gasteiger partial charge in [0.1, 0.15) is 0 Å². The van der Waals surface area contributed by atoms with E-state index in [-0.39, 0.29) is 10.7 Å². The molecule has 100 valence electrons. The van der Waals surface area contributed by atoms with Crippen LogP contribution in [-0.2, 0) is 10.0 Å². The van der Waals surface area contributed by atoms with E-state index in [9.17, 15) is 8.42 Å². The van der Waals surface area contributed by atoms with Crippen LogP contribution in [0.5, 0.6) is 0 Å². The highest BCUT2D eigenvalue weighted by Gasteiger charge is 2.16. The molecule has 1 aromatic carbocycles. The number of hydrogen-bond acceptors (Lipinski definition) is 4. The summed E-state index contributed by atoms with van der Waals surface area (Å²) in [4.78, 5) is 8.31. The fourth-order valence-electron chi connectivity index (χ4n) is 1.50. The Labute approximate surface area is 116 Å². The number of benzene rings is 1. The van der Waals surface area contributed by atoms with Crippen molar-refractivity contribution in [1.82, 2.24) is 9.97 Å². The van der Waals surface area contributed by atoms with Crippen molar-refractivity contribution >= 4 is 27.4 Å². The summed E-state index contributed by atoms with van der Waals surface area (Å²) in [7, 11) is -3.68. The van der Waals surface area contributed by atoms with Crippen LogP contribution in [-0.4, -0.2) is 18.4 Å². The number of nitrogens with zero attached hydrogens (tertiary/aromatic N) is 2. The minimum Gasteiger partial charge on any atom is -0.262 e. The lowest BCUT2D eigenvalue weighted by Gasteiger charge is -2.09. The van der Waals surface area contributed by atoms with Gasteiger partial charge in [0.05, 0.1) is 22.5 Å². The van der Waals surface area contributed by atoms with E-state index in [1.165, 1.54) is 30.5 Å². The third-order valence-corrected chi connectivity index (χ3v) is 4.03. The van der Waals surface area contributed by atoms with Gasteiger partial charge >= 0.3 is 0 Å². The van der Waals surface area contributed by atoms with E-state index in [0.717, 1.165) is 5.69 Å². The Balaban J connectivity index is 2.33. The minimum atomic E-state index is -3.68. The molecule has 1 heterocycles. The summed E-state index contributed by atoms with van der Waals surface area (Å²) in [6.45, 7) is 3.48. The number of aromatic nitrogens is 2. The summed E-state index contributed by atoms with van der Waals surface area (Å²) >= 11 is 5.73. The molecule has 0 fully saturated rings. The van der Waals surface area contributed by atoms with Crippen molar-refractivity contribution in [3.63, 3.8) is 0 Å². The van der Waals surface area contributed by atoms with Crippen LogP contribution in [0.2, 0.25) is 5.02 Å². The fraction of sp³-hybridized carbons (Fsp3) is 0.167. The molecule has 1 N–H and O–H groups in total. The van der Waals surface area contributed by atoms with Gasteiger partial charge in [0, 0.05) is 5.02 Å². The molecule has 0 aliphatic heterocycles. The van der Waals surface area contributed by atoms with E-state index in [2.05, 4.69) is 14.7 Å². The Morgan fingerprint density at radius 2 is 1.79 bits per heavy atom. The lowest BCUT2D eigenvalue weighted by Crippen LogP contribution is -2.15. The average Bonchev–Trinajstić information content (AvgIpc) is 2.33. The summed E-state index contributed by atoms with van der Waals surface area (Å²) in [5, 5.41) is 0.477. The maximum atomic E-state index is 12.1. The third-order valence-electron chi connectivity index (χ3n) is 2.42. The predicted molar refractivity (Wildman–Crippen MR) is 73.8 cm³/mol. The van der Waals surface area contributed by atoms with Crippen molar-refractivity contribution in [2.45, 2.75) is 18.7 Å². The minimum absolute atomic E-state index is 0.124. The first-order valence-corrected chi connectivity index (χ1v) is 7.33. The molecule has 0 atom stereocenters.